The van der Waals surface area contributed by atoms with Crippen LogP contribution in [0.2, 0.25) is 0 Å². The van der Waals surface area contributed by atoms with E-state index >= 15 is 0 Å². The highest BCUT2D eigenvalue weighted by atomic mass is 16.5. The third-order valence-electron chi connectivity index (χ3n) is 4.68. The van der Waals surface area contributed by atoms with Crippen LogP contribution >= 0.6 is 0 Å². The minimum atomic E-state index is -1.03. The topological polar surface area (TPSA) is 75.6 Å². The average Bonchev–Trinajstić information content (AvgIpc) is 2.69. The van der Waals surface area contributed by atoms with Crippen LogP contribution in [0.1, 0.15) is 30.1 Å². The van der Waals surface area contributed by atoms with Gasteiger partial charge in [0, 0.05) is 13.0 Å². The number of carboxylic acid groups (broad SMARTS) is 1. The minimum absolute atomic E-state index is 0.255. The Bertz CT molecular complexity index is 732. The van der Waals surface area contributed by atoms with Crippen LogP contribution in [0.4, 0.5) is 0 Å². The van der Waals surface area contributed by atoms with Gasteiger partial charge in [-0.3, -0.25) is 4.79 Å². The fourth-order valence-corrected chi connectivity index (χ4v) is 3.35. The molecule has 5 heteroatoms. The summed E-state index contributed by atoms with van der Waals surface area (Å²) in [5, 5.41) is 12.2. The molecule has 1 aliphatic heterocycles. The van der Waals surface area contributed by atoms with Crippen molar-refractivity contribution in [2.45, 2.75) is 31.4 Å². The van der Waals surface area contributed by atoms with Gasteiger partial charge < -0.3 is 15.2 Å². The Morgan fingerprint density at radius 1 is 1.08 bits per heavy atom. The molecule has 1 amide bonds. The van der Waals surface area contributed by atoms with E-state index in [0.717, 1.165) is 17.5 Å². The molecule has 0 bridgehead atoms. The molecule has 0 spiro atoms. The molecule has 0 radical (unpaired) electrons. The van der Waals surface area contributed by atoms with Crippen LogP contribution in [-0.4, -0.2) is 29.6 Å². The predicted octanol–water partition coefficient (Wildman–Crippen LogP) is 2.97. The van der Waals surface area contributed by atoms with E-state index < -0.39 is 12.0 Å². The van der Waals surface area contributed by atoms with Gasteiger partial charge in [-0.05, 0) is 24.0 Å². The molecule has 1 saturated heterocycles. The van der Waals surface area contributed by atoms with Crippen LogP contribution in [0.25, 0.3) is 0 Å². The maximum absolute atomic E-state index is 12.8. The van der Waals surface area contributed by atoms with Gasteiger partial charge in [0.25, 0.3) is 0 Å². The average molecular weight is 353 g/mol. The summed E-state index contributed by atoms with van der Waals surface area (Å²) in [7, 11) is 0. The normalized spacial score (nSPS) is 20.9. The van der Waals surface area contributed by atoms with Gasteiger partial charge in [-0.15, -0.1) is 0 Å². The second-order valence-corrected chi connectivity index (χ2v) is 6.54. The molecule has 2 N–H and O–H groups in total. The number of aliphatic carboxylic acids is 1. The summed E-state index contributed by atoms with van der Waals surface area (Å²) in [6.07, 6.45) is 1.39. The fourth-order valence-electron chi connectivity index (χ4n) is 3.35. The Hall–Kier alpha value is -2.66. The Kier molecular flexibility index (Phi) is 6.02. The number of hydrogen-bond donors (Lipinski definition) is 2. The van der Waals surface area contributed by atoms with Gasteiger partial charge in [0.05, 0.1) is 12.0 Å². The van der Waals surface area contributed by atoms with Crippen LogP contribution in [0, 0.1) is 5.92 Å². The highest BCUT2D eigenvalue weighted by Gasteiger charge is 2.35. The van der Waals surface area contributed by atoms with Gasteiger partial charge in [0.2, 0.25) is 5.91 Å². The van der Waals surface area contributed by atoms with Crippen LogP contribution in [0.3, 0.4) is 0 Å². The van der Waals surface area contributed by atoms with Crippen LogP contribution in [-0.2, 0) is 20.7 Å². The van der Waals surface area contributed by atoms with Crippen molar-refractivity contribution < 1.29 is 19.4 Å². The van der Waals surface area contributed by atoms with Crippen molar-refractivity contribution in [1.29, 1.82) is 0 Å². The van der Waals surface area contributed by atoms with Crippen molar-refractivity contribution in [1.82, 2.24) is 5.32 Å². The Morgan fingerprint density at radius 3 is 2.38 bits per heavy atom. The second kappa shape index (κ2) is 8.63. The lowest BCUT2D eigenvalue weighted by Crippen LogP contribution is -2.47. The number of carbonyl (C=O) groups excluding carboxylic acids is 1. The Balaban J connectivity index is 1.72. The number of nitrogens with one attached hydrogen (secondary N) is 1. The molecule has 1 aliphatic rings. The van der Waals surface area contributed by atoms with E-state index in [1.54, 1.807) is 0 Å². The first kappa shape index (κ1) is 18.1. The number of hydrogen-bond acceptors (Lipinski definition) is 3. The molecule has 5 nitrogen and oxygen atoms in total. The van der Waals surface area contributed by atoms with E-state index in [4.69, 9.17) is 4.74 Å². The number of carbonyl (C=O) groups is 2. The quantitative estimate of drug-likeness (QED) is 0.837. The molecule has 3 rings (SSSR count). The van der Waals surface area contributed by atoms with E-state index in [9.17, 15) is 14.7 Å². The molecular weight excluding hydrogens is 330 g/mol. The van der Waals surface area contributed by atoms with Gasteiger partial charge in [-0.1, -0.05) is 60.7 Å². The summed E-state index contributed by atoms with van der Waals surface area (Å²) >= 11 is 0. The molecule has 0 saturated carbocycles. The zero-order valence-corrected chi connectivity index (χ0v) is 14.5. The van der Waals surface area contributed by atoms with Gasteiger partial charge in [0.15, 0.2) is 0 Å². The summed E-state index contributed by atoms with van der Waals surface area (Å²) in [5.41, 5.74) is 1.82. The third-order valence-corrected chi connectivity index (χ3v) is 4.68. The zero-order chi connectivity index (χ0) is 18.4. The molecular formula is C21H23NO4. The van der Waals surface area contributed by atoms with Gasteiger partial charge in [0.1, 0.15) is 6.04 Å². The lowest BCUT2D eigenvalue weighted by atomic mass is 9.88. The summed E-state index contributed by atoms with van der Waals surface area (Å²) in [5.74, 6) is -1.68. The summed E-state index contributed by atoms with van der Waals surface area (Å²) in [6.45, 7) is 0.607. The highest BCUT2D eigenvalue weighted by molar-refractivity contribution is 5.85. The first-order chi connectivity index (χ1) is 12.6. The Morgan fingerprint density at radius 2 is 1.73 bits per heavy atom. The molecule has 0 aliphatic carbocycles. The maximum atomic E-state index is 12.8. The van der Waals surface area contributed by atoms with E-state index in [-0.39, 0.29) is 24.3 Å². The zero-order valence-electron chi connectivity index (χ0n) is 14.5. The molecule has 1 heterocycles. The standard InChI is InChI=1S/C21H23NO4/c23-20(22-18(21(24)25)14-15-8-3-1-4-9-15)17-12-7-13-26-19(17)16-10-5-2-6-11-16/h1-6,8-11,17-19H,7,12-14H2,(H,22,23)(H,24,25). The SMILES string of the molecule is O=C(O)C(Cc1ccccc1)NC(=O)C1CCCOC1c1ccccc1. The van der Waals surface area contributed by atoms with Gasteiger partial charge in [-0.2, -0.15) is 0 Å². The maximum Gasteiger partial charge on any atom is 0.326 e. The molecule has 2 aromatic rings. The number of benzene rings is 2. The van der Waals surface area contributed by atoms with E-state index in [1.807, 2.05) is 60.7 Å². The number of rotatable bonds is 6. The monoisotopic (exact) mass is 353 g/mol. The summed E-state index contributed by atoms with van der Waals surface area (Å²) < 4.78 is 5.85. The first-order valence-corrected chi connectivity index (χ1v) is 8.89. The first-order valence-electron chi connectivity index (χ1n) is 8.89. The lowest BCUT2D eigenvalue weighted by molar-refractivity contribution is -0.145. The van der Waals surface area contributed by atoms with Crippen molar-refractivity contribution in [2.75, 3.05) is 6.61 Å². The molecule has 3 atom stereocenters. The predicted molar refractivity (Wildman–Crippen MR) is 97.6 cm³/mol. The van der Waals surface area contributed by atoms with Crippen LogP contribution in [0.5, 0.6) is 0 Å². The smallest absolute Gasteiger partial charge is 0.326 e. The minimum Gasteiger partial charge on any atom is -0.480 e. The fraction of sp³-hybridized carbons (Fsp3) is 0.333. The number of carboxylic acids is 1. The van der Waals surface area contributed by atoms with Crippen LogP contribution < -0.4 is 5.32 Å². The van der Waals surface area contributed by atoms with Gasteiger partial charge in [-0.25, -0.2) is 4.79 Å². The van der Waals surface area contributed by atoms with Crippen molar-refractivity contribution in [3.63, 3.8) is 0 Å². The van der Waals surface area contributed by atoms with Crippen molar-refractivity contribution in [3.8, 4) is 0 Å². The molecule has 26 heavy (non-hydrogen) atoms. The van der Waals surface area contributed by atoms with E-state index in [1.165, 1.54) is 0 Å². The molecule has 136 valence electrons. The molecule has 0 aromatic heterocycles. The van der Waals surface area contributed by atoms with Crippen molar-refractivity contribution in [3.05, 3.63) is 71.8 Å². The van der Waals surface area contributed by atoms with E-state index in [2.05, 4.69) is 5.32 Å². The third kappa shape index (κ3) is 4.49. The molecule has 2 aromatic carbocycles. The van der Waals surface area contributed by atoms with Crippen molar-refractivity contribution in [2.24, 2.45) is 5.92 Å². The second-order valence-electron chi connectivity index (χ2n) is 6.54. The van der Waals surface area contributed by atoms with E-state index in [0.29, 0.717) is 13.0 Å². The Labute approximate surface area is 153 Å². The van der Waals surface area contributed by atoms with Crippen LogP contribution in [0.15, 0.2) is 60.7 Å². The lowest BCUT2D eigenvalue weighted by Gasteiger charge is -2.32. The molecule has 3 unspecified atom stereocenters. The number of amides is 1. The van der Waals surface area contributed by atoms with Crippen molar-refractivity contribution >= 4 is 11.9 Å². The summed E-state index contributed by atoms with van der Waals surface area (Å²) in [6, 6.07) is 18.0. The molecule has 1 fully saturated rings. The van der Waals surface area contributed by atoms with Gasteiger partial charge >= 0.3 is 5.97 Å². The largest absolute Gasteiger partial charge is 0.480 e. The summed E-state index contributed by atoms with van der Waals surface area (Å²) in [4.78, 5) is 24.5. The highest BCUT2D eigenvalue weighted by Crippen LogP contribution is 2.33. The number of ether oxygens (including phenoxy) is 1.